The van der Waals surface area contributed by atoms with Crippen molar-refractivity contribution in [3.63, 3.8) is 0 Å². The summed E-state index contributed by atoms with van der Waals surface area (Å²) in [5.41, 5.74) is 2.58. The molecule has 1 N–H and O–H groups in total. The molecule has 1 aromatic heterocycles. The number of fused-ring (bicyclic) bond motifs is 1. The zero-order chi connectivity index (χ0) is 17.8. The molecule has 4 rings (SSSR count). The molecule has 0 bridgehead atoms. The fourth-order valence-electron chi connectivity index (χ4n) is 3.59. The van der Waals surface area contributed by atoms with Gasteiger partial charge in [-0.2, -0.15) is 0 Å². The number of aromatic amines is 1. The predicted molar refractivity (Wildman–Crippen MR) is 114 cm³/mol. The molecule has 1 saturated heterocycles. The molecule has 5 heteroatoms. The maximum absolute atomic E-state index is 6.22. The molecule has 0 amide bonds. The van der Waals surface area contributed by atoms with E-state index < -0.39 is 0 Å². The number of anilines is 1. The van der Waals surface area contributed by atoms with Crippen LogP contribution >= 0.6 is 23.4 Å². The minimum atomic E-state index is 0.866. The van der Waals surface area contributed by atoms with Crippen LogP contribution in [0.3, 0.4) is 0 Å². The van der Waals surface area contributed by atoms with Crippen molar-refractivity contribution in [1.82, 2.24) is 9.88 Å². The molecule has 1 fully saturated rings. The van der Waals surface area contributed by atoms with Crippen LogP contribution in [0.1, 0.15) is 6.42 Å². The molecule has 0 unspecified atom stereocenters. The highest BCUT2D eigenvalue weighted by Crippen LogP contribution is 2.28. The third-order valence-electron chi connectivity index (χ3n) is 5.00. The summed E-state index contributed by atoms with van der Waals surface area (Å²) in [6.45, 7) is 5.64. The molecule has 2 heterocycles. The van der Waals surface area contributed by atoms with E-state index in [1.165, 1.54) is 34.5 Å². The second-order valence-electron chi connectivity index (χ2n) is 6.68. The van der Waals surface area contributed by atoms with Crippen LogP contribution in [0.4, 0.5) is 5.69 Å². The van der Waals surface area contributed by atoms with E-state index in [2.05, 4.69) is 51.2 Å². The Kier molecular flexibility index (Phi) is 5.73. The van der Waals surface area contributed by atoms with Crippen LogP contribution < -0.4 is 4.90 Å². The van der Waals surface area contributed by atoms with E-state index in [-0.39, 0.29) is 0 Å². The summed E-state index contributed by atoms with van der Waals surface area (Å²) in [7, 11) is 0. The number of benzene rings is 2. The first-order chi connectivity index (χ1) is 12.8. The standard InChI is InChI=1S/C21H24ClN3S/c22-18-5-1-2-8-21(18)26-16-4-11-24-12-14-25(15-13-24)20-7-3-6-19-17(20)9-10-23-19/h1-3,5-10,23H,4,11-16H2. The number of rotatable bonds is 6. The van der Waals surface area contributed by atoms with Crippen LogP contribution in [-0.4, -0.2) is 48.4 Å². The lowest BCUT2D eigenvalue weighted by molar-refractivity contribution is 0.259. The number of piperazine rings is 1. The summed E-state index contributed by atoms with van der Waals surface area (Å²) >= 11 is 8.08. The van der Waals surface area contributed by atoms with E-state index >= 15 is 0 Å². The van der Waals surface area contributed by atoms with Crippen molar-refractivity contribution in [2.24, 2.45) is 0 Å². The second-order valence-corrected chi connectivity index (χ2v) is 8.22. The van der Waals surface area contributed by atoms with E-state index in [0.29, 0.717) is 0 Å². The smallest absolute Gasteiger partial charge is 0.0541 e. The summed E-state index contributed by atoms with van der Waals surface area (Å²) in [4.78, 5) is 9.61. The fourth-order valence-corrected chi connectivity index (χ4v) is 4.76. The van der Waals surface area contributed by atoms with Gasteiger partial charge in [-0.15, -0.1) is 11.8 Å². The Bertz CT molecular complexity index is 855. The number of H-pyrrole nitrogens is 1. The van der Waals surface area contributed by atoms with E-state index in [1.54, 1.807) is 0 Å². The van der Waals surface area contributed by atoms with Gasteiger partial charge in [-0.05, 0) is 49.1 Å². The molecule has 26 heavy (non-hydrogen) atoms. The van der Waals surface area contributed by atoms with Gasteiger partial charge in [0.05, 0.1) is 5.02 Å². The molecule has 3 aromatic rings. The van der Waals surface area contributed by atoms with Crippen LogP contribution in [0.25, 0.3) is 10.9 Å². The van der Waals surface area contributed by atoms with Gasteiger partial charge < -0.3 is 9.88 Å². The molecule has 3 nitrogen and oxygen atoms in total. The van der Waals surface area contributed by atoms with Gasteiger partial charge in [0.25, 0.3) is 0 Å². The molecule has 2 aromatic carbocycles. The zero-order valence-electron chi connectivity index (χ0n) is 14.8. The highest BCUT2D eigenvalue weighted by Gasteiger charge is 2.18. The number of thioether (sulfide) groups is 1. The van der Waals surface area contributed by atoms with Crippen LogP contribution in [0, 0.1) is 0 Å². The van der Waals surface area contributed by atoms with Crippen molar-refractivity contribution in [3.8, 4) is 0 Å². The largest absolute Gasteiger partial charge is 0.368 e. The van der Waals surface area contributed by atoms with Crippen LogP contribution in [0.5, 0.6) is 0 Å². The summed E-state index contributed by atoms with van der Waals surface area (Å²) in [6.07, 6.45) is 3.23. The lowest BCUT2D eigenvalue weighted by atomic mass is 10.1. The Morgan fingerprint density at radius 1 is 0.962 bits per heavy atom. The molecular weight excluding hydrogens is 362 g/mol. The summed E-state index contributed by atoms with van der Waals surface area (Å²) in [5.74, 6) is 1.12. The van der Waals surface area contributed by atoms with Gasteiger partial charge in [0.15, 0.2) is 0 Å². The normalized spacial score (nSPS) is 15.7. The minimum Gasteiger partial charge on any atom is -0.368 e. The lowest BCUT2D eigenvalue weighted by Gasteiger charge is -2.36. The van der Waals surface area contributed by atoms with Crippen LogP contribution in [0.15, 0.2) is 59.6 Å². The van der Waals surface area contributed by atoms with Gasteiger partial charge in [-0.1, -0.05) is 29.8 Å². The highest BCUT2D eigenvalue weighted by molar-refractivity contribution is 7.99. The lowest BCUT2D eigenvalue weighted by Crippen LogP contribution is -2.46. The maximum atomic E-state index is 6.22. The van der Waals surface area contributed by atoms with Gasteiger partial charge in [0.2, 0.25) is 0 Å². The molecule has 0 radical (unpaired) electrons. The SMILES string of the molecule is Clc1ccccc1SCCCN1CCN(c2cccc3[nH]ccc23)CC1. The first-order valence-corrected chi connectivity index (χ1v) is 10.6. The molecule has 0 aliphatic carbocycles. The molecule has 1 aliphatic rings. The highest BCUT2D eigenvalue weighted by atomic mass is 35.5. The summed E-state index contributed by atoms with van der Waals surface area (Å²) in [6, 6.07) is 16.8. The zero-order valence-corrected chi connectivity index (χ0v) is 16.4. The topological polar surface area (TPSA) is 22.3 Å². The Morgan fingerprint density at radius 2 is 1.81 bits per heavy atom. The molecule has 136 valence electrons. The summed E-state index contributed by atoms with van der Waals surface area (Å²) < 4.78 is 0. The third-order valence-corrected chi connectivity index (χ3v) is 6.60. The van der Waals surface area contributed by atoms with Crippen molar-refractivity contribution < 1.29 is 0 Å². The maximum Gasteiger partial charge on any atom is 0.0541 e. The molecular formula is C21H24ClN3S. The van der Waals surface area contributed by atoms with E-state index in [1.807, 2.05) is 30.1 Å². The molecule has 1 aliphatic heterocycles. The van der Waals surface area contributed by atoms with Gasteiger partial charge in [0.1, 0.15) is 0 Å². The minimum absolute atomic E-state index is 0.866. The fraction of sp³-hybridized carbons (Fsp3) is 0.333. The number of aromatic nitrogens is 1. The summed E-state index contributed by atoms with van der Waals surface area (Å²) in [5, 5.41) is 2.20. The average molecular weight is 386 g/mol. The quantitative estimate of drug-likeness (QED) is 0.470. The van der Waals surface area contributed by atoms with Crippen molar-refractivity contribution in [1.29, 1.82) is 0 Å². The third kappa shape index (κ3) is 4.03. The van der Waals surface area contributed by atoms with Crippen molar-refractivity contribution >= 4 is 40.0 Å². The van der Waals surface area contributed by atoms with Gasteiger partial charge in [0, 0.05) is 53.9 Å². The van der Waals surface area contributed by atoms with E-state index in [9.17, 15) is 0 Å². The van der Waals surface area contributed by atoms with Crippen molar-refractivity contribution in [3.05, 3.63) is 59.8 Å². The number of nitrogens with one attached hydrogen (secondary N) is 1. The monoisotopic (exact) mass is 385 g/mol. The van der Waals surface area contributed by atoms with E-state index in [0.717, 1.165) is 37.0 Å². The number of hydrogen-bond donors (Lipinski definition) is 1. The van der Waals surface area contributed by atoms with Gasteiger partial charge in [-0.3, -0.25) is 4.90 Å². The average Bonchev–Trinajstić information content (AvgIpc) is 3.16. The molecule has 0 atom stereocenters. The Balaban J connectivity index is 1.24. The number of nitrogens with zero attached hydrogens (tertiary/aromatic N) is 2. The van der Waals surface area contributed by atoms with Gasteiger partial charge >= 0.3 is 0 Å². The Morgan fingerprint density at radius 3 is 2.65 bits per heavy atom. The molecule has 0 saturated carbocycles. The predicted octanol–water partition coefficient (Wildman–Crippen LogP) is 5.13. The van der Waals surface area contributed by atoms with Crippen molar-refractivity contribution in [2.45, 2.75) is 11.3 Å². The van der Waals surface area contributed by atoms with Crippen LogP contribution in [0.2, 0.25) is 5.02 Å². The van der Waals surface area contributed by atoms with Gasteiger partial charge in [-0.25, -0.2) is 0 Å². The number of halogens is 1. The second kappa shape index (κ2) is 8.38. The van der Waals surface area contributed by atoms with E-state index in [4.69, 9.17) is 11.6 Å². The first-order valence-electron chi connectivity index (χ1n) is 9.22. The number of hydrogen-bond acceptors (Lipinski definition) is 3. The Hall–Kier alpha value is -1.62. The first kappa shape index (κ1) is 17.8. The molecule has 0 spiro atoms. The van der Waals surface area contributed by atoms with Crippen LogP contribution in [-0.2, 0) is 0 Å². The van der Waals surface area contributed by atoms with Crippen molar-refractivity contribution in [2.75, 3.05) is 43.4 Å². The Labute approximate surface area is 164 Å².